The van der Waals surface area contributed by atoms with Crippen molar-refractivity contribution in [1.29, 1.82) is 0 Å². The maximum absolute atomic E-state index is 11.0. The third-order valence-electron chi connectivity index (χ3n) is 1.80. The number of nitrogens with one attached hydrogen (secondary N) is 1. The molecule has 5 nitrogen and oxygen atoms in total. The molecule has 15 heavy (non-hydrogen) atoms. The molecule has 1 heterocycles. The summed E-state index contributed by atoms with van der Waals surface area (Å²) in [6.07, 6.45) is 1.10. The van der Waals surface area contributed by atoms with E-state index in [1.54, 1.807) is 25.1 Å². The highest BCUT2D eigenvalue weighted by molar-refractivity contribution is 7.92. The first-order chi connectivity index (χ1) is 6.94. The van der Waals surface area contributed by atoms with Crippen molar-refractivity contribution in [2.45, 2.75) is 6.92 Å². The molecule has 0 bridgehead atoms. The van der Waals surface area contributed by atoms with Gasteiger partial charge in [0.25, 0.3) is 0 Å². The highest BCUT2D eigenvalue weighted by Gasteiger charge is 2.05. The molecule has 0 spiro atoms. The number of hydrogen-bond donors (Lipinski definition) is 1. The van der Waals surface area contributed by atoms with Crippen LogP contribution in [-0.2, 0) is 10.0 Å². The average molecular weight is 226 g/mol. The van der Waals surface area contributed by atoms with Crippen LogP contribution in [0.4, 0.5) is 5.69 Å². The van der Waals surface area contributed by atoms with E-state index in [9.17, 15) is 8.42 Å². The van der Waals surface area contributed by atoms with E-state index in [-0.39, 0.29) is 0 Å². The lowest BCUT2D eigenvalue weighted by Crippen LogP contribution is -2.09. The third-order valence-corrected chi connectivity index (χ3v) is 2.40. The molecule has 80 valence electrons. The summed E-state index contributed by atoms with van der Waals surface area (Å²) >= 11 is 0. The molecule has 0 saturated carbocycles. The molecule has 0 fully saturated rings. The fraction of sp³-hybridized carbons (Fsp3) is 0.222. The number of fused-ring (bicyclic) bond motifs is 1. The number of aromatic nitrogens is 1. The molecule has 1 N–H and O–H groups in total. The van der Waals surface area contributed by atoms with Gasteiger partial charge < -0.3 is 4.42 Å². The zero-order valence-corrected chi connectivity index (χ0v) is 9.13. The average Bonchev–Trinajstić information content (AvgIpc) is 2.40. The Balaban J connectivity index is 2.47. The minimum Gasteiger partial charge on any atom is -0.441 e. The molecule has 0 atom stereocenters. The lowest BCUT2D eigenvalue weighted by molar-refractivity contribution is 0.561. The zero-order chi connectivity index (χ0) is 11.1. The minimum absolute atomic E-state index is 0.485. The molecule has 2 aromatic rings. The lowest BCUT2D eigenvalue weighted by atomic mass is 10.3. The number of rotatable bonds is 2. The van der Waals surface area contributed by atoms with E-state index in [0.29, 0.717) is 22.7 Å². The van der Waals surface area contributed by atoms with E-state index in [4.69, 9.17) is 4.42 Å². The SMILES string of the molecule is Cc1nc2cc(NS(C)(=O)=O)ccc2o1. The molecular formula is C9H10N2O3S. The lowest BCUT2D eigenvalue weighted by Gasteiger charge is -2.01. The highest BCUT2D eigenvalue weighted by atomic mass is 32.2. The highest BCUT2D eigenvalue weighted by Crippen LogP contribution is 2.19. The molecular weight excluding hydrogens is 216 g/mol. The van der Waals surface area contributed by atoms with Crippen molar-refractivity contribution in [2.24, 2.45) is 0 Å². The van der Waals surface area contributed by atoms with Crippen LogP contribution >= 0.6 is 0 Å². The van der Waals surface area contributed by atoms with Crippen LogP contribution in [0, 0.1) is 6.92 Å². The van der Waals surface area contributed by atoms with E-state index < -0.39 is 10.0 Å². The van der Waals surface area contributed by atoms with E-state index in [2.05, 4.69) is 9.71 Å². The maximum Gasteiger partial charge on any atom is 0.229 e. The summed E-state index contributed by atoms with van der Waals surface area (Å²) in [7, 11) is -3.25. The summed E-state index contributed by atoms with van der Waals surface area (Å²) in [5.74, 6) is 0.557. The Morgan fingerprint density at radius 1 is 1.40 bits per heavy atom. The van der Waals surface area contributed by atoms with Gasteiger partial charge in [-0.05, 0) is 18.2 Å². The Labute approximate surface area is 87.2 Å². The monoisotopic (exact) mass is 226 g/mol. The molecule has 1 aromatic carbocycles. The number of oxazole rings is 1. The summed E-state index contributed by atoms with van der Waals surface area (Å²) in [5, 5.41) is 0. The first kappa shape index (κ1) is 9.97. The second-order valence-electron chi connectivity index (χ2n) is 3.29. The van der Waals surface area contributed by atoms with Crippen molar-refractivity contribution in [2.75, 3.05) is 11.0 Å². The van der Waals surface area contributed by atoms with Gasteiger partial charge >= 0.3 is 0 Å². The smallest absolute Gasteiger partial charge is 0.229 e. The second kappa shape index (κ2) is 3.23. The van der Waals surface area contributed by atoms with Crippen LogP contribution in [0.3, 0.4) is 0 Å². The molecule has 0 radical (unpaired) electrons. The van der Waals surface area contributed by atoms with Gasteiger partial charge in [-0.1, -0.05) is 0 Å². The standard InChI is InChI=1S/C9H10N2O3S/c1-6-10-8-5-7(11-15(2,12)13)3-4-9(8)14-6/h3-5,11H,1-2H3. The number of sulfonamides is 1. The second-order valence-corrected chi connectivity index (χ2v) is 5.04. The number of benzene rings is 1. The van der Waals surface area contributed by atoms with E-state index in [1.807, 2.05) is 0 Å². The van der Waals surface area contributed by atoms with Gasteiger partial charge in [0.2, 0.25) is 10.0 Å². The largest absolute Gasteiger partial charge is 0.441 e. The topological polar surface area (TPSA) is 72.2 Å². The van der Waals surface area contributed by atoms with Gasteiger partial charge in [0.05, 0.1) is 11.9 Å². The Morgan fingerprint density at radius 3 is 2.80 bits per heavy atom. The Bertz CT molecular complexity index is 601. The van der Waals surface area contributed by atoms with Crippen LogP contribution in [0.15, 0.2) is 22.6 Å². The fourth-order valence-electron chi connectivity index (χ4n) is 1.32. The van der Waals surface area contributed by atoms with Gasteiger partial charge in [0, 0.05) is 6.92 Å². The van der Waals surface area contributed by atoms with Crippen LogP contribution < -0.4 is 4.72 Å². The van der Waals surface area contributed by atoms with Crippen molar-refractivity contribution < 1.29 is 12.8 Å². The van der Waals surface area contributed by atoms with Crippen molar-refractivity contribution in [1.82, 2.24) is 4.98 Å². The molecule has 2 rings (SSSR count). The predicted octanol–water partition coefficient (Wildman–Crippen LogP) is 1.51. The Morgan fingerprint density at radius 2 is 2.13 bits per heavy atom. The summed E-state index contributed by atoms with van der Waals surface area (Å²) in [5.41, 5.74) is 1.77. The summed E-state index contributed by atoms with van der Waals surface area (Å²) in [6, 6.07) is 4.95. The summed E-state index contributed by atoms with van der Waals surface area (Å²) < 4.78 is 29.6. The normalized spacial score (nSPS) is 11.9. The minimum atomic E-state index is -3.25. The molecule has 0 aliphatic carbocycles. The van der Waals surface area contributed by atoms with Crippen LogP contribution in [-0.4, -0.2) is 19.7 Å². The zero-order valence-electron chi connectivity index (χ0n) is 8.31. The van der Waals surface area contributed by atoms with E-state index >= 15 is 0 Å². The molecule has 6 heteroatoms. The third kappa shape index (κ3) is 2.27. The molecule has 0 unspecified atom stereocenters. The van der Waals surface area contributed by atoms with Crippen LogP contribution in [0.1, 0.15) is 5.89 Å². The Kier molecular flexibility index (Phi) is 2.15. The summed E-state index contributed by atoms with van der Waals surface area (Å²) in [6.45, 7) is 1.74. The van der Waals surface area contributed by atoms with E-state index in [1.165, 1.54) is 0 Å². The molecule has 0 amide bonds. The van der Waals surface area contributed by atoms with Crippen molar-refractivity contribution in [3.05, 3.63) is 24.1 Å². The predicted molar refractivity (Wildman–Crippen MR) is 57.2 cm³/mol. The van der Waals surface area contributed by atoms with Crippen molar-refractivity contribution in [3.8, 4) is 0 Å². The Hall–Kier alpha value is -1.56. The van der Waals surface area contributed by atoms with Crippen LogP contribution in [0.2, 0.25) is 0 Å². The van der Waals surface area contributed by atoms with Crippen LogP contribution in [0.25, 0.3) is 11.1 Å². The number of nitrogens with zero attached hydrogens (tertiary/aromatic N) is 1. The number of anilines is 1. The van der Waals surface area contributed by atoms with Gasteiger partial charge in [0.15, 0.2) is 11.5 Å². The molecule has 0 saturated heterocycles. The van der Waals surface area contributed by atoms with Gasteiger partial charge in [-0.15, -0.1) is 0 Å². The van der Waals surface area contributed by atoms with Crippen molar-refractivity contribution in [3.63, 3.8) is 0 Å². The fourth-order valence-corrected chi connectivity index (χ4v) is 1.88. The van der Waals surface area contributed by atoms with Crippen molar-refractivity contribution >= 4 is 26.8 Å². The maximum atomic E-state index is 11.0. The number of hydrogen-bond acceptors (Lipinski definition) is 4. The first-order valence-corrected chi connectivity index (χ1v) is 6.18. The number of aryl methyl sites for hydroxylation is 1. The quantitative estimate of drug-likeness (QED) is 0.842. The van der Waals surface area contributed by atoms with E-state index in [0.717, 1.165) is 6.26 Å². The van der Waals surface area contributed by atoms with Gasteiger partial charge in [0.1, 0.15) is 5.52 Å². The van der Waals surface area contributed by atoms with Gasteiger partial charge in [-0.3, -0.25) is 4.72 Å². The summed E-state index contributed by atoms with van der Waals surface area (Å²) in [4.78, 5) is 4.10. The van der Waals surface area contributed by atoms with Gasteiger partial charge in [-0.2, -0.15) is 0 Å². The molecule has 0 aliphatic heterocycles. The van der Waals surface area contributed by atoms with Crippen LogP contribution in [0.5, 0.6) is 0 Å². The molecule has 1 aromatic heterocycles. The molecule has 0 aliphatic rings. The first-order valence-electron chi connectivity index (χ1n) is 4.29. The van der Waals surface area contributed by atoms with Gasteiger partial charge in [-0.25, -0.2) is 13.4 Å².